The monoisotopic (exact) mass is 507 g/mol. The molecule has 3 aliphatic rings. The van der Waals surface area contributed by atoms with Crippen LogP contribution in [-0.2, 0) is 17.6 Å². The highest BCUT2D eigenvalue weighted by Gasteiger charge is 2.35. The second-order valence-corrected chi connectivity index (χ2v) is 11.7. The Morgan fingerprint density at radius 2 is 1.92 bits per heavy atom. The van der Waals surface area contributed by atoms with Gasteiger partial charge < -0.3 is 19.3 Å². The number of allylic oxidation sites excluding steroid dienone is 2. The first-order chi connectivity index (χ1) is 17.6. The van der Waals surface area contributed by atoms with Gasteiger partial charge in [0.05, 0.1) is 30.8 Å². The van der Waals surface area contributed by atoms with Crippen LogP contribution >= 0.6 is 0 Å². The first-order valence-corrected chi connectivity index (χ1v) is 13.6. The largest absolute Gasteiger partial charge is 0.463 e. The average molecular weight is 508 g/mol. The number of hydrogen-bond acceptors (Lipinski definition) is 7. The van der Waals surface area contributed by atoms with Crippen molar-refractivity contribution in [1.82, 2.24) is 14.9 Å². The van der Waals surface area contributed by atoms with Gasteiger partial charge >= 0.3 is 12.1 Å². The number of aromatic nitrogens is 2. The molecule has 0 radical (unpaired) electrons. The smallest absolute Gasteiger partial charge is 0.410 e. The highest BCUT2D eigenvalue weighted by atomic mass is 16.6. The lowest BCUT2D eigenvalue weighted by Crippen LogP contribution is -2.56. The maximum Gasteiger partial charge on any atom is 0.410 e. The van der Waals surface area contributed by atoms with Crippen LogP contribution in [-0.4, -0.2) is 58.8 Å². The number of amides is 1. The lowest BCUT2D eigenvalue weighted by atomic mass is 9.87. The summed E-state index contributed by atoms with van der Waals surface area (Å²) in [5.41, 5.74) is 4.01. The molecule has 1 saturated heterocycles. The molecule has 2 heterocycles. The molecule has 1 amide bonds. The maximum absolute atomic E-state index is 12.9. The van der Waals surface area contributed by atoms with Crippen molar-refractivity contribution < 1.29 is 14.3 Å². The summed E-state index contributed by atoms with van der Waals surface area (Å²) in [6.45, 7) is 16.2. The summed E-state index contributed by atoms with van der Waals surface area (Å²) >= 11 is 0. The molecule has 37 heavy (non-hydrogen) atoms. The van der Waals surface area contributed by atoms with Crippen LogP contribution < -0.4 is 9.64 Å². The molecule has 2 aliphatic carbocycles. The van der Waals surface area contributed by atoms with Crippen molar-refractivity contribution in [1.29, 1.82) is 5.26 Å². The number of hydrogen-bond donors (Lipinski definition) is 0. The zero-order valence-electron chi connectivity index (χ0n) is 22.7. The summed E-state index contributed by atoms with van der Waals surface area (Å²) < 4.78 is 11.8. The Morgan fingerprint density at radius 3 is 2.65 bits per heavy atom. The standard InChI is InChI=1S/C29H41N5O3/c1-20-8-6-10-22(16-20)19-36-27-31-25-17-21(2)9-7-11-24(25)26(32-27)33-14-15-34(23(18-33)12-13-30)28(35)37-29(3,4)5/h22-23H,1-2,6-12,14-19H2,3-5H3/t22-,23+/m1/s1. The fraction of sp³-hybridized carbons (Fsp3) is 0.655. The third kappa shape index (κ3) is 7.03. The van der Waals surface area contributed by atoms with Crippen molar-refractivity contribution in [2.24, 2.45) is 5.92 Å². The topological polar surface area (TPSA) is 91.6 Å². The Hall–Kier alpha value is -3.08. The van der Waals surface area contributed by atoms with Crippen molar-refractivity contribution >= 4 is 11.9 Å². The predicted octanol–water partition coefficient (Wildman–Crippen LogP) is 5.38. The summed E-state index contributed by atoms with van der Waals surface area (Å²) in [7, 11) is 0. The van der Waals surface area contributed by atoms with E-state index in [1.807, 2.05) is 20.8 Å². The SMILES string of the molecule is C=C1CCCc2c(nc(OC[C@@H]3CCCC(=C)C3)nc2N2CCN(C(=O)OC(C)(C)C)[C@@H](CC#N)C2)C1. The minimum absolute atomic E-state index is 0.231. The van der Waals surface area contributed by atoms with Gasteiger partial charge in [0.1, 0.15) is 11.4 Å². The normalized spacial score (nSPS) is 22.6. The number of carbonyl (C=O) groups is 1. The number of nitriles is 1. The van der Waals surface area contributed by atoms with Crippen molar-refractivity contribution in [2.45, 2.75) is 90.2 Å². The van der Waals surface area contributed by atoms with Crippen LogP contribution in [0.3, 0.4) is 0 Å². The fourth-order valence-corrected chi connectivity index (χ4v) is 5.54. The van der Waals surface area contributed by atoms with Gasteiger partial charge in [-0.2, -0.15) is 15.2 Å². The lowest BCUT2D eigenvalue weighted by Gasteiger charge is -2.42. The third-order valence-electron chi connectivity index (χ3n) is 7.33. The molecule has 0 bridgehead atoms. The van der Waals surface area contributed by atoms with E-state index >= 15 is 0 Å². The van der Waals surface area contributed by atoms with Crippen LogP contribution in [0.1, 0.15) is 77.0 Å². The summed E-state index contributed by atoms with van der Waals surface area (Å²) in [6, 6.07) is 2.38. The van der Waals surface area contributed by atoms with Crippen LogP contribution in [0.4, 0.5) is 10.6 Å². The van der Waals surface area contributed by atoms with Gasteiger partial charge in [0.25, 0.3) is 0 Å². The zero-order chi connectivity index (χ0) is 26.6. The molecule has 0 spiro atoms. The van der Waals surface area contributed by atoms with E-state index in [9.17, 15) is 10.1 Å². The van der Waals surface area contributed by atoms with Crippen LogP contribution in [0.25, 0.3) is 0 Å². The van der Waals surface area contributed by atoms with Gasteiger partial charge in [-0.15, -0.1) is 0 Å². The fourth-order valence-electron chi connectivity index (χ4n) is 5.54. The average Bonchev–Trinajstić information content (AvgIpc) is 3.02. The molecule has 0 unspecified atom stereocenters. The minimum Gasteiger partial charge on any atom is -0.463 e. The first kappa shape index (κ1) is 27.0. The quantitative estimate of drug-likeness (QED) is 0.390. The number of anilines is 1. The second kappa shape index (κ2) is 11.5. The molecule has 1 aliphatic heterocycles. The summed E-state index contributed by atoms with van der Waals surface area (Å²) in [6.07, 6.45) is 7.84. The zero-order valence-corrected chi connectivity index (χ0v) is 22.7. The number of piperazine rings is 1. The van der Waals surface area contributed by atoms with Crippen LogP contribution in [0.15, 0.2) is 24.3 Å². The molecule has 2 atom stereocenters. The molecule has 1 saturated carbocycles. The lowest BCUT2D eigenvalue weighted by molar-refractivity contribution is 0.0144. The van der Waals surface area contributed by atoms with Gasteiger partial charge in [0.15, 0.2) is 0 Å². The molecule has 8 nitrogen and oxygen atoms in total. The van der Waals surface area contributed by atoms with Gasteiger partial charge in [-0.3, -0.25) is 0 Å². The molecule has 0 aromatic carbocycles. The van der Waals surface area contributed by atoms with Crippen molar-refractivity contribution in [2.75, 3.05) is 31.1 Å². The van der Waals surface area contributed by atoms with Gasteiger partial charge in [0.2, 0.25) is 0 Å². The second-order valence-electron chi connectivity index (χ2n) is 11.7. The maximum atomic E-state index is 12.9. The van der Waals surface area contributed by atoms with E-state index in [0.29, 0.717) is 38.2 Å². The van der Waals surface area contributed by atoms with Gasteiger partial charge in [-0.25, -0.2) is 4.79 Å². The first-order valence-electron chi connectivity index (χ1n) is 13.6. The predicted molar refractivity (Wildman–Crippen MR) is 144 cm³/mol. The number of nitrogens with zero attached hydrogens (tertiary/aromatic N) is 5. The van der Waals surface area contributed by atoms with Crippen molar-refractivity contribution in [3.63, 3.8) is 0 Å². The van der Waals surface area contributed by atoms with E-state index < -0.39 is 5.60 Å². The highest BCUT2D eigenvalue weighted by molar-refractivity contribution is 5.69. The Balaban J connectivity index is 1.58. The summed E-state index contributed by atoms with van der Waals surface area (Å²) in [4.78, 5) is 26.5. The summed E-state index contributed by atoms with van der Waals surface area (Å²) in [5, 5.41) is 9.51. The van der Waals surface area contributed by atoms with Crippen LogP contribution in [0, 0.1) is 17.2 Å². The van der Waals surface area contributed by atoms with Gasteiger partial charge in [-0.1, -0.05) is 24.3 Å². The molecule has 1 aromatic heterocycles. The number of fused-ring (bicyclic) bond motifs is 1. The van der Waals surface area contributed by atoms with E-state index in [2.05, 4.69) is 24.1 Å². The van der Waals surface area contributed by atoms with E-state index in [-0.39, 0.29) is 18.6 Å². The molecule has 8 heteroatoms. The number of ether oxygens (including phenoxy) is 2. The van der Waals surface area contributed by atoms with Crippen molar-refractivity contribution in [3.05, 3.63) is 35.6 Å². The molecular weight excluding hydrogens is 466 g/mol. The van der Waals surface area contributed by atoms with Gasteiger partial charge in [0, 0.05) is 31.6 Å². The molecule has 4 rings (SSSR count). The Bertz CT molecular complexity index is 1070. The van der Waals surface area contributed by atoms with Gasteiger partial charge in [-0.05, 0) is 71.6 Å². The van der Waals surface area contributed by atoms with Crippen LogP contribution in [0.5, 0.6) is 6.01 Å². The molecule has 2 fully saturated rings. The van der Waals surface area contributed by atoms with Crippen LogP contribution in [0.2, 0.25) is 0 Å². The minimum atomic E-state index is -0.589. The molecule has 0 N–H and O–H groups in total. The van der Waals surface area contributed by atoms with Crippen molar-refractivity contribution in [3.8, 4) is 12.1 Å². The number of carbonyl (C=O) groups excluding carboxylic acids is 1. The van der Waals surface area contributed by atoms with E-state index in [1.165, 1.54) is 11.1 Å². The Labute approximate surface area is 221 Å². The van der Waals surface area contributed by atoms with E-state index in [0.717, 1.165) is 68.4 Å². The summed E-state index contributed by atoms with van der Waals surface area (Å²) in [5.74, 6) is 1.31. The third-order valence-corrected chi connectivity index (χ3v) is 7.33. The number of rotatable bonds is 5. The highest BCUT2D eigenvalue weighted by Crippen LogP contribution is 2.33. The molecular formula is C29H41N5O3. The Kier molecular flexibility index (Phi) is 8.41. The van der Waals surface area contributed by atoms with E-state index in [4.69, 9.17) is 19.4 Å². The molecule has 1 aromatic rings. The molecule has 200 valence electrons. The Morgan fingerprint density at radius 1 is 1.14 bits per heavy atom. The van der Waals surface area contributed by atoms with E-state index in [1.54, 1.807) is 4.90 Å².